The van der Waals surface area contributed by atoms with Crippen molar-refractivity contribution in [1.82, 2.24) is 10.9 Å². The minimum Gasteiger partial charge on any atom is -0.261 e. The Morgan fingerprint density at radius 3 is 2.88 bits per heavy atom. The Hall–Kier alpha value is -0.860. The third-order valence-corrected chi connectivity index (χ3v) is 4.09. The van der Waals surface area contributed by atoms with Gasteiger partial charge < -0.3 is 0 Å². The van der Waals surface area contributed by atoms with Gasteiger partial charge in [-0.15, -0.1) is 0 Å². The lowest BCUT2D eigenvalue weighted by Gasteiger charge is -2.36. The first-order chi connectivity index (χ1) is 8.20. The zero-order chi connectivity index (χ0) is 12.3. The molecule has 0 aromatic rings. The lowest BCUT2D eigenvalue weighted by Crippen LogP contribution is -2.43. The van der Waals surface area contributed by atoms with Crippen molar-refractivity contribution in [2.24, 2.45) is 11.8 Å². The summed E-state index contributed by atoms with van der Waals surface area (Å²) in [6.07, 6.45) is 11.5. The van der Waals surface area contributed by atoms with Crippen molar-refractivity contribution in [2.45, 2.75) is 38.6 Å². The SMILES string of the molecule is C=C1C=CC=C(C2C[C@@H](NNC)CCC2C)C1. The van der Waals surface area contributed by atoms with Crippen molar-refractivity contribution < 1.29 is 0 Å². The van der Waals surface area contributed by atoms with E-state index >= 15 is 0 Å². The summed E-state index contributed by atoms with van der Waals surface area (Å²) in [5, 5.41) is 0. The van der Waals surface area contributed by atoms with Crippen molar-refractivity contribution >= 4 is 0 Å². The molecular weight excluding hydrogens is 208 g/mol. The van der Waals surface area contributed by atoms with Gasteiger partial charge in [-0.3, -0.25) is 10.9 Å². The van der Waals surface area contributed by atoms with Crippen LogP contribution in [-0.2, 0) is 0 Å². The molecule has 0 aliphatic heterocycles. The Labute approximate surface area is 105 Å². The van der Waals surface area contributed by atoms with Crippen LogP contribution >= 0.6 is 0 Å². The third kappa shape index (κ3) is 3.08. The molecule has 2 aliphatic carbocycles. The molecule has 2 N–H and O–H groups in total. The van der Waals surface area contributed by atoms with E-state index in [-0.39, 0.29) is 0 Å². The first-order valence-corrected chi connectivity index (χ1v) is 6.68. The van der Waals surface area contributed by atoms with Crippen LogP contribution in [0.4, 0.5) is 0 Å². The van der Waals surface area contributed by atoms with Gasteiger partial charge in [-0.1, -0.05) is 42.9 Å². The minimum atomic E-state index is 0.612. The smallest absolute Gasteiger partial charge is 0.0218 e. The van der Waals surface area contributed by atoms with Crippen LogP contribution in [0.25, 0.3) is 0 Å². The van der Waals surface area contributed by atoms with E-state index in [9.17, 15) is 0 Å². The second-order valence-electron chi connectivity index (χ2n) is 5.42. The summed E-state index contributed by atoms with van der Waals surface area (Å²) in [4.78, 5) is 0. The van der Waals surface area contributed by atoms with Gasteiger partial charge >= 0.3 is 0 Å². The van der Waals surface area contributed by atoms with E-state index in [1.807, 2.05) is 7.05 Å². The normalized spacial score (nSPS) is 33.6. The van der Waals surface area contributed by atoms with E-state index in [0.717, 1.165) is 18.3 Å². The highest BCUT2D eigenvalue weighted by Gasteiger charge is 2.30. The molecule has 1 fully saturated rings. The Bertz CT molecular complexity index is 341. The van der Waals surface area contributed by atoms with Crippen LogP contribution in [0.3, 0.4) is 0 Å². The van der Waals surface area contributed by atoms with Crippen LogP contribution in [0.1, 0.15) is 32.6 Å². The topological polar surface area (TPSA) is 24.1 Å². The number of hydrazine groups is 1. The van der Waals surface area contributed by atoms with E-state index in [1.165, 1.54) is 24.8 Å². The van der Waals surface area contributed by atoms with Gasteiger partial charge in [-0.05, 0) is 44.6 Å². The molecule has 17 heavy (non-hydrogen) atoms. The Morgan fingerprint density at radius 2 is 2.18 bits per heavy atom. The maximum atomic E-state index is 4.08. The van der Waals surface area contributed by atoms with Crippen LogP contribution in [0.5, 0.6) is 0 Å². The first-order valence-electron chi connectivity index (χ1n) is 6.68. The van der Waals surface area contributed by atoms with Crippen LogP contribution in [-0.4, -0.2) is 13.1 Å². The van der Waals surface area contributed by atoms with Crippen molar-refractivity contribution in [2.75, 3.05) is 7.05 Å². The summed E-state index contributed by atoms with van der Waals surface area (Å²) < 4.78 is 0. The average molecular weight is 232 g/mol. The molecular formula is C15H24N2. The highest BCUT2D eigenvalue weighted by molar-refractivity contribution is 5.34. The summed E-state index contributed by atoms with van der Waals surface area (Å²) in [7, 11) is 1.96. The molecule has 94 valence electrons. The van der Waals surface area contributed by atoms with Crippen molar-refractivity contribution in [3.05, 3.63) is 36.0 Å². The Balaban J connectivity index is 2.04. The molecule has 0 aromatic heterocycles. The largest absolute Gasteiger partial charge is 0.261 e. The lowest BCUT2D eigenvalue weighted by molar-refractivity contribution is 0.227. The number of rotatable bonds is 3. The number of nitrogens with one attached hydrogen (secondary N) is 2. The molecule has 0 amide bonds. The average Bonchev–Trinajstić information content (AvgIpc) is 2.32. The van der Waals surface area contributed by atoms with Crippen molar-refractivity contribution in [1.29, 1.82) is 0 Å². The Morgan fingerprint density at radius 1 is 1.35 bits per heavy atom. The standard InChI is InChI=1S/C15H24N2/c1-11-5-4-6-13(9-11)15-10-14(17-16-3)8-7-12(15)2/h4-6,12,14-17H,1,7-10H2,2-3H3/t12?,14-,15?/m0/s1. The second-order valence-corrected chi connectivity index (χ2v) is 5.42. The summed E-state index contributed by atoms with van der Waals surface area (Å²) in [5.41, 5.74) is 9.28. The number of hydrogen-bond acceptors (Lipinski definition) is 2. The van der Waals surface area contributed by atoms with Gasteiger partial charge in [0, 0.05) is 6.04 Å². The predicted molar refractivity (Wildman–Crippen MR) is 73.5 cm³/mol. The van der Waals surface area contributed by atoms with Crippen LogP contribution in [0.2, 0.25) is 0 Å². The van der Waals surface area contributed by atoms with Gasteiger partial charge in [0.2, 0.25) is 0 Å². The quantitative estimate of drug-likeness (QED) is 0.731. The highest BCUT2D eigenvalue weighted by Crippen LogP contribution is 2.38. The summed E-state index contributed by atoms with van der Waals surface area (Å²) in [6.45, 7) is 6.48. The predicted octanol–water partition coefficient (Wildman–Crippen LogP) is 2.96. The summed E-state index contributed by atoms with van der Waals surface area (Å²) in [5.74, 6) is 1.52. The molecule has 2 heteroatoms. The van der Waals surface area contributed by atoms with Crippen LogP contribution in [0, 0.1) is 11.8 Å². The first kappa shape index (κ1) is 12.6. The molecule has 1 saturated carbocycles. The molecule has 0 radical (unpaired) electrons. The molecule has 2 nitrogen and oxygen atoms in total. The van der Waals surface area contributed by atoms with Crippen LogP contribution < -0.4 is 10.9 Å². The molecule has 2 aliphatic rings. The maximum Gasteiger partial charge on any atom is 0.0218 e. The molecule has 0 bridgehead atoms. The van der Waals surface area contributed by atoms with E-state index in [4.69, 9.17) is 0 Å². The highest BCUT2D eigenvalue weighted by atomic mass is 15.3. The van der Waals surface area contributed by atoms with Gasteiger partial charge in [-0.2, -0.15) is 0 Å². The maximum absolute atomic E-state index is 4.08. The van der Waals surface area contributed by atoms with E-state index < -0.39 is 0 Å². The van der Waals surface area contributed by atoms with Gasteiger partial charge in [0.1, 0.15) is 0 Å². The summed E-state index contributed by atoms with van der Waals surface area (Å²) >= 11 is 0. The van der Waals surface area contributed by atoms with E-state index in [0.29, 0.717) is 6.04 Å². The fourth-order valence-electron chi connectivity index (χ4n) is 3.12. The number of allylic oxidation sites excluding steroid dienone is 5. The third-order valence-electron chi connectivity index (χ3n) is 4.09. The summed E-state index contributed by atoms with van der Waals surface area (Å²) in [6, 6.07) is 0.612. The van der Waals surface area contributed by atoms with Gasteiger partial charge in [0.05, 0.1) is 0 Å². The molecule has 0 saturated heterocycles. The fourth-order valence-corrected chi connectivity index (χ4v) is 3.12. The van der Waals surface area contributed by atoms with E-state index in [2.05, 4.69) is 42.6 Å². The zero-order valence-electron chi connectivity index (χ0n) is 11.0. The van der Waals surface area contributed by atoms with Gasteiger partial charge in [0.25, 0.3) is 0 Å². The fraction of sp³-hybridized carbons (Fsp3) is 0.600. The molecule has 0 aromatic carbocycles. The molecule has 0 spiro atoms. The van der Waals surface area contributed by atoms with Gasteiger partial charge in [-0.25, -0.2) is 0 Å². The molecule has 2 rings (SSSR count). The molecule has 2 unspecified atom stereocenters. The Kier molecular flexibility index (Phi) is 4.19. The second kappa shape index (κ2) is 5.65. The van der Waals surface area contributed by atoms with Crippen molar-refractivity contribution in [3.8, 4) is 0 Å². The lowest BCUT2D eigenvalue weighted by atomic mass is 9.72. The van der Waals surface area contributed by atoms with E-state index in [1.54, 1.807) is 5.57 Å². The van der Waals surface area contributed by atoms with Crippen molar-refractivity contribution in [3.63, 3.8) is 0 Å². The van der Waals surface area contributed by atoms with Gasteiger partial charge in [0.15, 0.2) is 0 Å². The molecule has 3 atom stereocenters. The zero-order valence-corrected chi connectivity index (χ0v) is 11.0. The number of hydrogen-bond donors (Lipinski definition) is 2. The van der Waals surface area contributed by atoms with Crippen LogP contribution in [0.15, 0.2) is 36.0 Å². The monoisotopic (exact) mass is 232 g/mol. The minimum absolute atomic E-state index is 0.612. The molecule has 0 heterocycles.